The van der Waals surface area contributed by atoms with E-state index >= 15 is 0 Å². The number of carbonyl (C=O) groups excluding carboxylic acids is 1. The molecule has 1 aliphatic rings. The van der Waals surface area contributed by atoms with Gasteiger partial charge < -0.3 is 10.6 Å². The van der Waals surface area contributed by atoms with Crippen molar-refractivity contribution in [3.8, 4) is 0 Å². The van der Waals surface area contributed by atoms with E-state index in [1.807, 2.05) is 4.90 Å². The maximum Gasteiger partial charge on any atom is 0.255 e. The Kier molecular flexibility index (Phi) is 4.32. The molecule has 5 heteroatoms. The summed E-state index contributed by atoms with van der Waals surface area (Å²) in [6.45, 7) is 7.68. The van der Waals surface area contributed by atoms with Crippen LogP contribution in [0.25, 0.3) is 0 Å². The molecule has 1 saturated heterocycles. The second kappa shape index (κ2) is 5.80. The molecule has 0 radical (unpaired) electrons. The number of halogens is 1. The second-order valence-corrected chi connectivity index (χ2v) is 5.38. The first-order valence-corrected chi connectivity index (χ1v) is 6.99. The second-order valence-electron chi connectivity index (χ2n) is 4.97. The molecule has 1 unspecified atom stereocenters. The lowest BCUT2D eigenvalue weighted by atomic mass is 10.1. The minimum absolute atomic E-state index is 0.0279. The lowest BCUT2D eigenvalue weighted by Gasteiger charge is -2.39. The molecule has 0 aliphatic carbocycles. The minimum atomic E-state index is -0.0279. The number of amides is 1. The smallest absolute Gasteiger partial charge is 0.255 e. The Morgan fingerprint density at radius 1 is 1.47 bits per heavy atom. The van der Waals surface area contributed by atoms with Crippen LogP contribution >= 0.6 is 11.6 Å². The Morgan fingerprint density at radius 3 is 2.84 bits per heavy atom. The number of nitrogens with zero attached hydrogens (tertiary/aromatic N) is 2. The van der Waals surface area contributed by atoms with Gasteiger partial charge in [0.05, 0.1) is 10.6 Å². The predicted molar refractivity (Wildman–Crippen MR) is 78.5 cm³/mol. The molecule has 1 atom stereocenters. The summed E-state index contributed by atoms with van der Waals surface area (Å²) in [4.78, 5) is 16.7. The number of hydrogen-bond donors (Lipinski definition) is 1. The van der Waals surface area contributed by atoms with E-state index < -0.39 is 0 Å². The van der Waals surface area contributed by atoms with Gasteiger partial charge >= 0.3 is 0 Å². The van der Waals surface area contributed by atoms with Crippen molar-refractivity contribution < 1.29 is 4.79 Å². The highest BCUT2D eigenvalue weighted by atomic mass is 35.5. The number of carbonyl (C=O) groups is 1. The van der Waals surface area contributed by atoms with Crippen LogP contribution in [0, 0.1) is 0 Å². The number of nitrogens with two attached hydrogens (primary N) is 1. The van der Waals surface area contributed by atoms with Crippen LogP contribution in [0.2, 0.25) is 5.02 Å². The molecule has 1 aromatic rings. The Morgan fingerprint density at radius 2 is 2.21 bits per heavy atom. The van der Waals surface area contributed by atoms with E-state index in [2.05, 4.69) is 18.7 Å². The highest BCUT2D eigenvalue weighted by Crippen LogP contribution is 2.22. The number of anilines is 1. The molecule has 1 amide bonds. The summed E-state index contributed by atoms with van der Waals surface area (Å²) in [5.74, 6) is -0.0279. The van der Waals surface area contributed by atoms with Crippen molar-refractivity contribution in [3.63, 3.8) is 0 Å². The molecule has 2 N–H and O–H groups in total. The summed E-state index contributed by atoms with van der Waals surface area (Å²) in [7, 11) is 0. The first-order valence-electron chi connectivity index (χ1n) is 6.61. The quantitative estimate of drug-likeness (QED) is 0.845. The molecule has 1 fully saturated rings. The van der Waals surface area contributed by atoms with Crippen LogP contribution in [0.1, 0.15) is 24.2 Å². The normalized spacial score (nSPS) is 20.6. The Bertz CT molecular complexity index is 478. The van der Waals surface area contributed by atoms with E-state index in [0.717, 1.165) is 26.2 Å². The summed E-state index contributed by atoms with van der Waals surface area (Å²) in [6.07, 6.45) is 0. The Balaban J connectivity index is 2.14. The fourth-order valence-electron chi connectivity index (χ4n) is 2.53. The molecule has 19 heavy (non-hydrogen) atoms. The minimum Gasteiger partial charge on any atom is -0.399 e. The monoisotopic (exact) mass is 281 g/mol. The van der Waals surface area contributed by atoms with Gasteiger partial charge in [0.1, 0.15) is 0 Å². The number of hydrogen-bond acceptors (Lipinski definition) is 3. The number of rotatable bonds is 2. The Labute approximate surface area is 119 Å². The maximum absolute atomic E-state index is 12.5. The SMILES string of the molecule is CCN1CCN(C(=O)c2cc(N)ccc2Cl)CC1C. The van der Waals surface area contributed by atoms with Crippen molar-refractivity contribution in [1.29, 1.82) is 0 Å². The fraction of sp³-hybridized carbons (Fsp3) is 0.500. The third-order valence-corrected chi connectivity index (χ3v) is 4.01. The van der Waals surface area contributed by atoms with Crippen molar-refractivity contribution in [3.05, 3.63) is 28.8 Å². The van der Waals surface area contributed by atoms with Crippen LogP contribution < -0.4 is 5.73 Å². The van der Waals surface area contributed by atoms with Gasteiger partial charge in [-0.3, -0.25) is 9.69 Å². The number of nitrogen functional groups attached to an aromatic ring is 1. The summed E-state index contributed by atoms with van der Waals surface area (Å²) >= 11 is 6.09. The maximum atomic E-state index is 12.5. The number of likely N-dealkylation sites (N-methyl/N-ethyl adjacent to an activating group) is 1. The molecule has 104 valence electrons. The van der Waals surface area contributed by atoms with Crippen LogP contribution in [0.4, 0.5) is 5.69 Å². The van der Waals surface area contributed by atoms with E-state index in [0.29, 0.717) is 22.3 Å². The largest absolute Gasteiger partial charge is 0.399 e. The number of piperazine rings is 1. The van der Waals surface area contributed by atoms with E-state index in [9.17, 15) is 4.79 Å². The zero-order chi connectivity index (χ0) is 14.0. The van der Waals surface area contributed by atoms with E-state index in [4.69, 9.17) is 17.3 Å². The highest BCUT2D eigenvalue weighted by Gasteiger charge is 2.27. The average molecular weight is 282 g/mol. The van der Waals surface area contributed by atoms with Gasteiger partial charge in [0, 0.05) is 31.4 Å². The van der Waals surface area contributed by atoms with Gasteiger partial charge in [0.2, 0.25) is 0 Å². The lowest BCUT2D eigenvalue weighted by Crippen LogP contribution is -2.53. The standard InChI is InChI=1S/C14H20ClN3O/c1-3-17-6-7-18(9-10(17)2)14(19)12-8-11(16)4-5-13(12)15/h4-5,8,10H,3,6-7,9,16H2,1-2H3. The molecular weight excluding hydrogens is 262 g/mol. The average Bonchev–Trinajstić information content (AvgIpc) is 2.40. The van der Waals surface area contributed by atoms with E-state index in [1.165, 1.54) is 0 Å². The van der Waals surface area contributed by atoms with Gasteiger partial charge in [-0.05, 0) is 31.7 Å². The lowest BCUT2D eigenvalue weighted by molar-refractivity contribution is 0.0528. The summed E-state index contributed by atoms with van der Waals surface area (Å²) in [5.41, 5.74) is 6.79. The molecule has 4 nitrogen and oxygen atoms in total. The highest BCUT2D eigenvalue weighted by molar-refractivity contribution is 6.34. The molecule has 0 saturated carbocycles. The molecule has 2 rings (SSSR count). The molecule has 0 aromatic heterocycles. The number of benzene rings is 1. The van der Waals surface area contributed by atoms with E-state index in [-0.39, 0.29) is 5.91 Å². The third kappa shape index (κ3) is 3.01. The van der Waals surface area contributed by atoms with Crippen LogP contribution in [0.15, 0.2) is 18.2 Å². The Hall–Kier alpha value is -1.26. The van der Waals surface area contributed by atoms with Gasteiger partial charge in [-0.1, -0.05) is 18.5 Å². The third-order valence-electron chi connectivity index (χ3n) is 3.68. The van der Waals surface area contributed by atoms with Gasteiger partial charge in [0.15, 0.2) is 0 Å². The molecule has 1 aromatic carbocycles. The topological polar surface area (TPSA) is 49.6 Å². The van der Waals surface area contributed by atoms with Gasteiger partial charge in [-0.15, -0.1) is 0 Å². The molecule has 1 aliphatic heterocycles. The summed E-state index contributed by atoms with van der Waals surface area (Å²) < 4.78 is 0. The van der Waals surface area contributed by atoms with Gasteiger partial charge in [-0.2, -0.15) is 0 Å². The van der Waals surface area contributed by atoms with Crippen molar-refractivity contribution in [2.75, 3.05) is 31.9 Å². The van der Waals surface area contributed by atoms with Gasteiger partial charge in [-0.25, -0.2) is 0 Å². The molecular formula is C14H20ClN3O. The van der Waals surface area contributed by atoms with Gasteiger partial charge in [0.25, 0.3) is 5.91 Å². The van der Waals surface area contributed by atoms with Crippen LogP contribution in [0.5, 0.6) is 0 Å². The molecule has 0 spiro atoms. The van der Waals surface area contributed by atoms with E-state index in [1.54, 1.807) is 18.2 Å². The molecule has 0 bridgehead atoms. The predicted octanol–water partition coefficient (Wildman–Crippen LogP) is 2.09. The van der Waals surface area contributed by atoms with Crippen LogP contribution in [-0.4, -0.2) is 47.9 Å². The summed E-state index contributed by atoms with van der Waals surface area (Å²) in [6, 6.07) is 5.41. The van der Waals surface area contributed by atoms with Crippen molar-refractivity contribution in [1.82, 2.24) is 9.80 Å². The van der Waals surface area contributed by atoms with Crippen molar-refractivity contribution in [2.24, 2.45) is 0 Å². The summed E-state index contributed by atoms with van der Waals surface area (Å²) in [5, 5.41) is 0.463. The zero-order valence-corrected chi connectivity index (χ0v) is 12.2. The van der Waals surface area contributed by atoms with Crippen LogP contribution in [0.3, 0.4) is 0 Å². The van der Waals surface area contributed by atoms with Crippen molar-refractivity contribution >= 4 is 23.2 Å². The first-order chi connectivity index (χ1) is 9.02. The zero-order valence-electron chi connectivity index (χ0n) is 11.4. The fourth-order valence-corrected chi connectivity index (χ4v) is 2.72. The molecule has 1 heterocycles. The van der Waals surface area contributed by atoms with Crippen molar-refractivity contribution in [2.45, 2.75) is 19.9 Å². The first kappa shape index (κ1) is 14.2. The van der Waals surface area contributed by atoms with Crippen LogP contribution in [-0.2, 0) is 0 Å².